The average Bonchev–Trinajstić information content (AvgIpc) is 2.33. The Kier molecular flexibility index (Phi) is 3.79. The summed E-state index contributed by atoms with van der Waals surface area (Å²) >= 11 is 3.21. The summed E-state index contributed by atoms with van der Waals surface area (Å²) in [4.78, 5) is 0. The van der Waals surface area contributed by atoms with E-state index in [4.69, 9.17) is 4.74 Å². The normalized spacial score (nSPS) is 10.3. The van der Waals surface area contributed by atoms with Gasteiger partial charge in [0.15, 0.2) is 0 Å². The van der Waals surface area contributed by atoms with Gasteiger partial charge in [0.05, 0.1) is 4.47 Å². The second kappa shape index (κ2) is 5.32. The van der Waals surface area contributed by atoms with Crippen molar-refractivity contribution in [3.8, 4) is 5.75 Å². The molecule has 0 atom stereocenters. The molecule has 0 aliphatic rings. The van der Waals surface area contributed by atoms with Gasteiger partial charge in [-0.15, -0.1) is 0 Å². The SMILES string of the molecule is Cc1ccc(OCc2cccc(F)c2Br)cc1. The van der Waals surface area contributed by atoms with Gasteiger partial charge >= 0.3 is 0 Å². The molecule has 0 aromatic heterocycles. The molecule has 0 radical (unpaired) electrons. The van der Waals surface area contributed by atoms with Crippen LogP contribution in [0.15, 0.2) is 46.9 Å². The highest BCUT2D eigenvalue weighted by atomic mass is 79.9. The highest BCUT2D eigenvalue weighted by molar-refractivity contribution is 9.10. The maximum absolute atomic E-state index is 13.3. The van der Waals surface area contributed by atoms with Crippen LogP contribution < -0.4 is 4.74 Å². The second-order valence-electron chi connectivity index (χ2n) is 3.81. The van der Waals surface area contributed by atoms with Crippen LogP contribution in [0.25, 0.3) is 0 Å². The summed E-state index contributed by atoms with van der Waals surface area (Å²) in [5, 5.41) is 0. The van der Waals surface area contributed by atoms with Crippen molar-refractivity contribution in [1.29, 1.82) is 0 Å². The molecule has 0 spiro atoms. The number of ether oxygens (including phenoxy) is 1. The zero-order valence-corrected chi connectivity index (χ0v) is 11.0. The van der Waals surface area contributed by atoms with E-state index in [0.717, 1.165) is 11.3 Å². The van der Waals surface area contributed by atoms with E-state index in [0.29, 0.717) is 11.1 Å². The Morgan fingerprint density at radius 3 is 2.53 bits per heavy atom. The first kappa shape index (κ1) is 12.1. The second-order valence-corrected chi connectivity index (χ2v) is 4.61. The maximum atomic E-state index is 13.3. The van der Waals surface area contributed by atoms with Crippen LogP contribution in [0.5, 0.6) is 5.75 Å². The molecule has 88 valence electrons. The van der Waals surface area contributed by atoms with Crippen molar-refractivity contribution in [2.45, 2.75) is 13.5 Å². The predicted octanol–water partition coefficient (Wildman–Crippen LogP) is 4.48. The van der Waals surface area contributed by atoms with Crippen molar-refractivity contribution >= 4 is 15.9 Å². The van der Waals surface area contributed by atoms with Gasteiger partial charge in [-0.25, -0.2) is 4.39 Å². The average molecular weight is 295 g/mol. The number of aryl methyl sites for hydroxylation is 1. The summed E-state index contributed by atoms with van der Waals surface area (Å²) in [5.41, 5.74) is 1.98. The first-order chi connectivity index (χ1) is 8.16. The molecule has 2 aromatic carbocycles. The molecular weight excluding hydrogens is 283 g/mol. The van der Waals surface area contributed by atoms with Gasteiger partial charge in [-0.05, 0) is 41.1 Å². The smallest absolute Gasteiger partial charge is 0.137 e. The molecule has 2 aromatic rings. The van der Waals surface area contributed by atoms with Gasteiger partial charge in [-0.3, -0.25) is 0 Å². The Bertz CT molecular complexity index is 508. The molecular formula is C14H12BrFO. The minimum atomic E-state index is -0.269. The van der Waals surface area contributed by atoms with E-state index in [1.165, 1.54) is 11.6 Å². The van der Waals surface area contributed by atoms with E-state index in [1.807, 2.05) is 37.3 Å². The molecule has 0 aliphatic heterocycles. The molecule has 0 aliphatic carbocycles. The lowest BCUT2D eigenvalue weighted by atomic mass is 10.2. The molecule has 1 nitrogen and oxygen atoms in total. The lowest BCUT2D eigenvalue weighted by molar-refractivity contribution is 0.304. The topological polar surface area (TPSA) is 9.23 Å². The third-order valence-electron chi connectivity index (χ3n) is 2.45. The van der Waals surface area contributed by atoms with Crippen molar-refractivity contribution in [3.63, 3.8) is 0 Å². The molecule has 0 N–H and O–H groups in total. The van der Waals surface area contributed by atoms with Crippen LogP contribution in [0.3, 0.4) is 0 Å². The van der Waals surface area contributed by atoms with E-state index >= 15 is 0 Å². The van der Waals surface area contributed by atoms with E-state index in [9.17, 15) is 4.39 Å². The summed E-state index contributed by atoms with van der Waals surface area (Å²) in [6.07, 6.45) is 0. The summed E-state index contributed by atoms with van der Waals surface area (Å²) in [6.45, 7) is 2.37. The Labute approximate surface area is 108 Å². The Morgan fingerprint density at radius 1 is 1.12 bits per heavy atom. The fourth-order valence-corrected chi connectivity index (χ4v) is 1.83. The standard InChI is InChI=1S/C14H12BrFO/c1-10-5-7-12(8-6-10)17-9-11-3-2-4-13(16)14(11)15/h2-8H,9H2,1H3. The fourth-order valence-electron chi connectivity index (χ4n) is 1.46. The van der Waals surface area contributed by atoms with Crippen molar-refractivity contribution < 1.29 is 9.13 Å². The maximum Gasteiger partial charge on any atom is 0.137 e. The predicted molar refractivity (Wildman–Crippen MR) is 69.6 cm³/mol. The minimum Gasteiger partial charge on any atom is -0.489 e. The van der Waals surface area contributed by atoms with Gasteiger partial charge in [-0.1, -0.05) is 29.8 Å². The number of halogens is 2. The number of hydrogen-bond acceptors (Lipinski definition) is 1. The highest BCUT2D eigenvalue weighted by Gasteiger charge is 2.05. The zero-order chi connectivity index (χ0) is 12.3. The lowest BCUT2D eigenvalue weighted by Crippen LogP contribution is -1.97. The van der Waals surface area contributed by atoms with Gasteiger partial charge in [0.25, 0.3) is 0 Å². The molecule has 3 heteroatoms. The van der Waals surface area contributed by atoms with Crippen LogP contribution in [0.4, 0.5) is 4.39 Å². The van der Waals surface area contributed by atoms with E-state index in [1.54, 1.807) is 6.07 Å². The van der Waals surface area contributed by atoms with Crippen LogP contribution in [0, 0.1) is 12.7 Å². The van der Waals surface area contributed by atoms with Crippen molar-refractivity contribution in [2.24, 2.45) is 0 Å². The monoisotopic (exact) mass is 294 g/mol. The summed E-state index contributed by atoms with van der Waals surface area (Å²) in [5.74, 6) is 0.516. The third kappa shape index (κ3) is 3.07. The van der Waals surface area contributed by atoms with Gasteiger partial charge < -0.3 is 4.74 Å². The summed E-state index contributed by atoms with van der Waals surface area (Å²) in [6, 6.07) is 12.7. The third-order valence-corrected chi connectivity index (χ3v) is 3.33. The van der Waals surface area contributed by atoms with Crippen LogP contribution in [-0.2, 0) is 6.61 Å². The molecule has 17 heavy (non-hydrogen) atoms. The van der Waals surface area contributed by atoms with E-state index < -0.39 is 0 Å². The zero-order valence-electron chi connectivity index (χ0n) is 9.41. The molecule has 0 heterocycles. The Balaban J connectivity index is 2.07. The van der Waals surface area contributed by atoms with Crippen LogP contribution in [0.1, 0.15) is 11.1 Å². The Hall–Kier alpha value is -1.35. The van der Waals surface area contributed by atoms with E-state index in [-0.39, 0.29) is 5.82 Å². The fraction of sp³-hybridized carbons (Fsp3) is 0.143. The minimum absolute atomic E-state index is 0.269. The van der Waals surface area contributed by atoms with Gasteiger partial charge in [0.2, 0.25) is 0 Å². The number of hydrogen-bond donors (Lipinski definition) is 0. The van der Waals surface area contributed by atoms with Crippen molar-refractivity contribution in [3.05, 3.63) is 63.9 Å². The van der Waals surface area contributed by atoms with E-state index in [2.05, 4.69) is 15.9 Å². The van der Waals surface area contributed by atoms with Gasteiger partial charge in [-0.2, -0.15) is 0 Å². The molecule has 2 rings (SSSR count). The largest absolute Gasteiger partial charge is 0.489 e. The summed E-state index contributed by atoms with van der Waals surface area (Å²) in [7, 11) is 0. The molecule has 0 saturated heterocycles. The first-order valence-electron chi connectivity index (χ1n) is 5.29. The van der Waals surface area contributed by atoms with Crippen LogP contribution in [-0.4, -0.2) is 0 Å². The van der Waals surface area contributed by atoms with Crippen LogP contribution >= 0.6 is 15.9 Å². The first-order valence-corrected chi connectivity index (χ1v) is 6.08. The van der Waals surface area contributed by atoms with Crippen molar-refractivity contribution in [2.75, 3.05) is 0 Å². The highest BCUT2D eigenvalue weighted by Crippen LogP contribution is 2.22. The van der Waals surface area contributed by atoms with Crippen LogP contribution in [0.2, 0.25) is 0 Å². The van der Waals surface area contributed by atoms with Gasteiger partial charge in [0, 0.05) is 5.56 Å². The summed E-state index contributed by atoms with van der Waals surface area (Å²) < 4.78 is 19.3. The Morgan fingerprint density at radius 2 is 1.82 bits per heavy atom. The molecule has 0 amide bonds. The quantitative estimate of drug-likeness (QED) is 0.811. The molecule has 0 bridgehead atoms. The van der Waals surface area contributed by atoms with Gasteiger partial charge in [0.1, 0.15) is 18.2 Å². The van der Waals surface area contributed by atoms with Crippen molar-refractivity contribution in [1.82, 2.24) is 0 Å². The number of benzene rings is 2. The number of rotatable bonds is 3. The molecule has 0 saturated carbocycles. The molecule has 0 fully saturated rings. The lowest BCUT2D eigenvalue weighted by Gasteiger charge is -2.08. The molecule has 0 unspecified atom stereocenters.